The SMILES string of the molecule is CC(Cc1ccsc1)NCC(=O)N1CCc2sccc2C1. The number of hydrogen-bond acceptors (Lipinski definition) is 4. The minimum atomic E-state index is 0.212. The van der Waals surface area contributed by atoms with Crippen LogP contribution in [0.3, 0.4) is 0 Å². The van der Waals surface area contributed by atoms with Gasteiger partial charge in [-0.3, -0.25) is 4.79 Å². The molecule has 0 fully saturated rings. The highest BCUT2D eigenvalue weighted by Crippen LogP contribution is 2.23. The number of nitrogens with zero attached hydrogens (tertiary/aromatic N) is 1. The molecule has 3 rings (SSSR count). The Morgan fingerprint density at radius 3 is 3.14 bits per heavy atom. The van der Waals surface area contributed by atoms with Crippen molar-refractivity contribution in [3.63, 3.8) is 0 Å². The van der Waals surface area contributed by atoms with E-state index in [-0.39, 0.29) is 5.91 Å². The Bertz CT molecular complexity index is 591. The number of nitrogens with one attached hydrogen (secondary N) is 1. The Labute approximate surface area is 133 Å². The van der Waals surface area contributed by atoms with Crippen molar-refractivity contribution in [1.29, 1.82) is 0 Å². The van der Waals surface area contributed by atoms with Crippen LogP contribution in [-0.2, 0) is 24.2 Å². The molecule has 2 aromatic heterocycles. The molecule has 2 aromatic rings. The summed E-state index contributed by atoms with van der Waals surface area (Å²) in [6, 6.07) is 4.62. The van der Waals surface area contributed by atoms with Crippen molar-refractivity contribution in [2.75, 3.05) is 13.1 Å². The molecule has 1 atom stereocenters. The van der Waals surface area contributed by atoms with Gasteiger partial charge in [0.25, 0.3) is 0 Å². The fourth-order valence-electron chi connectivity index (χ4n) is 2.67. The maximum atomic E-state index is 12.3. The minimum absolute atomic E-state index is 0.212. The van der Waals surface area contributed by atoms with E-state index in [1.54, 1.807) is 22.7 Å². The molecule has 0 radical (unpaired) electrons. The summed E-state index contributed by atoms with van der Waals surface area (Å²) < 4.78 is 0. The molecule has 1 unspecified atom stereocenters. The van der Waals surface area contributed by atoms with Gasteiger partial charge in [0.15, 0.2) is 0 Å². The van der Waals surface area contributed by atoms with Gasteiger partial charge in [-0.1, -0.05) is 0 Å². The highest BCUT2D eigenvalue weighted by Gasteiger charge is 2.21. The van der Waals surface area contributed by atoms with Crippen molar-refractivity contribution in [2.45, 2.75) is 32.4 Å². The third-order valence-electron chi connectivity index (χ3n) is 3.88. The predicted octanol–water partition coefficient (Wildman–Crippen LogP) is 2.92. The number of fused-ring (bicyclic) bond motifs is 1. The second-order valence-corrected chi connectivity index (χ2v) is 7.33. The lowest BCUT2D eigenvalue weighted by atomic mass is 10.1. The average Bonchev–Trinajstić information content (AvgIpc) is 3.14. The molecule has 0 spiro atoms. The number of carbonyl (C=O) groups excluding carboxylic acids is 1. The van der Waals surface area contributed by atoms with Gasteiger partial charge in [0.05, 0.1) is 6.54 Å². The first kappa shape index (κ1) is 14.8. The van der Waals surface area contributed by atoms with Gasteiger partial charge in [-0.05, 0) is 59.2 Å². The highest BCUT2D eigenvalue weighted by atomic mass is 32.1. The van der Waals surface area contributed by atoms with Gasteiger partial charge in [-0.2, -0.15) is 11.3 Å². The van der Waals surface area contributed by atoms with Gasteiger partial charge in [-0.25, -0.2) is 0 Å². The molecule has 3 heterocycles. The molecule has 0 saturated carbocycles. The molecular formula is C16H20N2OS2. The maximum absolute atomic E-state index is 12.3. The molecule has 1 aliphatic heterocycles. The van der Waals surface area contributed by atoms with Crippen molar-refractivity contribution in [1.82, 2.24) is 10.2 Å². The molecule has 5 heteroatoms. The van der Waals surface area contributed by atoms with Crippen LogP contribution in [0, 0.1) is 0 Å². The largest absolute Gasteiger partial charge is 0.337 e. The molecule has 1 N–H and O–H groups in total. The van der Waals surface area contributed by atoms with Gasteiger partial charge >= 0.3 is 0 Å². The van der Waals surface area contributed by atoms with Gasteiger partial charge in [0.2, 0.25) is 5.91 Å². The number of rotatable bonds is 5. The van der Waals surface area contributed by atoms with Gasteiger partial charge in [0, 0.05) is 24.0 Å². The van der Waals surface area contributed by atoms with Crippen LogP contribution in [0.5, 0.6) is 0 Å². The molecule has 3 nitrogen and oxygen atoms in total. The maximum Gasteiger partial charge on any atom is 0.236 e. The van der Waals surface area contributed by atoms with E-state index < -0.39 is 0 Å². The Morgan fingerprint density at radius 2 is 2.33 bits per heavy atom. The summed E-state index contributed by atoms with van der Waals surface area (Å²) in [5, 5.41) is 9.74. The van der Waals surface area contributed by atoms with Crippen LogP contribution in [0.15, 0.2) is 28.3 Å². The van der Waals surface area contributed by atoms with Crippen LogP contribution in [0.4, 0.5) is 0 Å². The van der Waals surface area contributed by atoms with Crippen molar-refractivity contribution in [3.05, 3.63) is 44.3 Å². The minimum Gasteiger partial charge on any atom is -0.337 e. The van der Waals surface area contributed by atoms with Crippen LogP contribution in [0.1, 0.15) is 22.9 Å². The Morgan fingerprint density at radius 1 is 1.43 bits per heavy atom. The van der Waals surface area contributed by atoms with E-state index in [0.29, 0.717) is 12.6 Å². The molecule has 0 bridgehead atoms. The fourth-order valence-corrected chi connectivity index (χ4v) is 4.24. The van der Waals surface area contributed by atoms with Crippen LogP contribution >= 0.6 is 22.7 Å². The third kappa shape index (κ3) is 3.73. The second kappa shape index (κ2) is 6.73. The van der Waals surface area contributed by atoms with Crippen molar-refractivity contribution < 1.29 is 4.79 Å². The molecule has 112 valence electrons. The molecule has 1 amide bonds. The number of hydrogen-bond donors (Lipinski definition) is 1. The van der Waals surface area contributed by atoms with Gasteiger partial charge in [0.1, 0.15) is 0 Å². The average molecular weight is 320 g/mol. The van der Waals surface area contributed by atoms with E-state index in [4.69, 9.17) is 0 Å². The highest BCUT2D eigenvalue weighted by molar-refractivity contribution is 7.10. The third-order valence-corrected chi connectivity index (χ3v) is 5.64. The lowest BCUT2D eigenvalue weighted by Crippen LogP contribution is -2.43. The molecule has 21 heavy (non-hydrogen) atoms. The van der Waals surface area contributed by atoms with Crippen LogP contribution in [0.2, 0.25) is 0 Å². The standard InChI is InChI=1S/C16H20N2OS2/c1-12(8-13-3-6-20-11-13)17-9-16(19)18-5-2-15-14(10-18)4-7-21-15/h3-4,6-7,11-12,17H,2,5,8-10H2,1H3. The van der Waals surface area contributed by atoms with E-state index in [9.17, 15) is 4.79 Å². The van der Waals surface area contributed by atoms with Gasteiger partial charge < -0.3 is 10.2 Å². The number of thiophene rings is 2. The van der Waals surface area contributed by atoms with Crippen molar-refractivity contribution in [3.8, 4) is 0 Å². The van der Waals surface area contributed by atoms with Crippen LogP contribution in [-0.4, -0.2) is 29.9 Å². The fraction of sp³-hybridized carbons (Fsp3) is 0.438. The zero-order valence-corrected chi connectivity index (χ0v) is 13.8. The normalized spacial score (nSPS) is 15.8. The number of carbonyl (C=O) groups is 1. The first-order valence-electron chi connectivity index (χ1n) is 7.30. The van der Waals surface area contributed by atoms with Crippen molar-refractivity contribution >= 4 is 28.6 Å². The summed E-state index contributed by atoms with van der Waals surface area (Å²) in [7, 11) is 0. The Hall–Kier alpha value is -1.17. The van der Waals surface area contributed by atoms with Gasteiger partial charge in [-0.15, -0.1) is 11.3 Å². The Balaban J connectivity index is 1.46. The predicted molar refractivity (Wildman–Crippen MR) is 88.9 cm³/mol. The van der Waals surface area contributed by atoms with Crippen LogP contribution < -0.4 is 5.32 Å². The summed E-state index contributed by atoms with van der Waals surface area (Å²) in [4.78, 5) is 15.7. The summed E-state index contributed by atoms with van der Waals surface area (Å²) in [6.07, 6.45) is 1.98. The molecule has 1 aliphatic rings. The number of amides is 1. The monoisotopic (exact) mass is 320 g/mol. The Kier molecular flexibility index (Phi) is 4.73. The van der Waals surface area contributed by atoms with Crippen LogP contribution in [0.25, 0.3) is 0 Å². The quantitative estimate of drug-likeness (QED) is 0.919. The van der Waals surface area contributed by atoms with E-state index in [1.807, 2.05) is 4.90 Å². The first-order valence-corrected chi connectivity index (χ1v) is 9.12. The summed E-state index contributed by atoms with van der Waals surface area (Å²) >= 11 is 3.53. The summed E-state index contributed by atoms with van der Waals surface area (Å²) in [5.74, 6) is 0.212. The lowest BCUT2D eigenvalue weighted by molar-refractivity contribution is -0.131. The summed E-state index contributed by atoms with van der Waals surface area (Å²) in [5.41, 5.74) is 2.67. The van der Waals surface area contributed by atoms with E-state index in [2.05, 4.69) is 40.5 Å². The van der Waals surface area contributed by atoms with E-state index >= 15 is 0 Å². The molecule has 0 saturated heterocycles. The second-order valence-electron chi connectivity index (χ2n) is 5.55. The van der Waals surface area contributed by atoms with E-state index in [0.717, 1.165) is 25.9 Å². The smallest absolute Gasteiger partial charge is 0.236 e. The zero-order valence-electron chi connectivity index (χ0n) is 12.2. The molecule has 0 aromatic carbocycles. The van der Waals surface area contributed by atoms with Crippen molar-refractivity contribution in [2.24, 2.45) is 0 Å². The zero-order chi connectivity index (χ0) is 14.7. The van der Waals surface area contributed by atoms with E-state index in [1.165, 1.54) is 16.0 Å². The molecule has 0 aliphatic carbocycles. The summed E-state index contributed by atoms with van der Waals surface area (Å²) in [6.45, 7) is 4.20. The first-order chi connectivity index (χ1) is 10.2. The topological polar surface area (TPSA) is 32.3 Å². The lowest BCUT2D eigenvalue weighted by Gasteiger charge is -2.27. The molecular weight excluding hydrogens is 300 g/mol.